The Morgan fingerprint density at radius 1 is 1.31 bits per heavy atom. The highest BCUT2D eigenvalue weighted by Crippen LogP contribution is 2.15. The van der Waals surface area contributed by atoms with E-state index in [0.29, 0.717) is 12.4 Å². The van der Waals surface area contributed by atoms with Crippen LogP contribution in [0.1, 0.15) is 19.4 Å². The van der Waals surface area contributed by atoms with Crippen LogP contribution in [0.15, 0.2) is 24.3 Å². The van der Waals surface area contributed by atoms with Gasteiger partial charge < -0.3 is 9.84 Å². The monoisotopic (exact) mass is 180 g/mol. The molecule has 2 heteroatoms. The summed E-state index contributed by atoms with van der Waals surface area (Å²) < 4.78 is 5.39. The van der Waals surface area contributed by atoms with Crippen LogP contribution in [0, 0.1) is 0 Å². The summed E-state index contributed by atoms with van der Waals surface area (Å²) in [5.74, 6) is 0.356. The van der Waals surface area contributed by atoms with Gasteiger partial charge in [-0.15, -0.1) is 0 Å². The summed E-state index contributed by atoms with van der Waals surface area (Å²) in [4.78, 5) is 0. The van der Waals surface area contributed by atoms with Crippen molar-refractivity contribution in [1.29, 1.82) is 0 Å². The number of hydrogen-bond acceptors (Lipinski definition) is 2. The van der Waals surface area contributed by atoms with Gasteiger partial charge in [-0.1, -0.05) is 18.2 Å². The molecular weight excluding hydrogens is 164 g/mol. The van der Waals surface area contributed by atoms with E-state index in [4.69, 9.17) is 4.74 Å². The molecule has 1 N–H and O–H groups in total. The summed E-state index contributed by atoms with van der Waals surface area (Å²) in [5, 5.41) is 9.42. The van der Waals surface area contributed by atoms with E-state index in [9.17, 15) is 5.11 Å². The van der Waals surface area contributed by atoms with Gasteiger partial charge in [-0.25, -0.2) is 0 Å². The average molecular weight is 180 g/mol. The van der Waals surface area contributed by atoms with E-state index in [2.05, 4.69) is 0 Å². The smallest absolute Gasteiger partial charge is 0.118 e. The van der Waals surface area contributed by atoms with Gasteiger partial charge in [0.15, 0.2) is 0 Å². The van der Waals surface area contributed by atoms with Crippen LogP contribution in [-0.4, -0.2) is 17.8 Å². The standard InChI is InChI=1S/C11H16O2/c1-9(2)13-8-7-10-5-3-4-6-11(10)12/h3-6,9,12H,7-8H2,1-2H3. The number of ether oxygens (including phenoxy) is 1. The van der Waals surface area contributed by atoms with Crippen LogP contribution in [0.3, 0.4) is 0 Å². The van der Waals surface area contributed by atoms with Crippen LogP contribution < -0.4 is 0 Å². The maximum Gasteiger partial charge on any atom is 0.118 e. The lowest BCUT2D eigenvalue weighted by molar-refractivity contribution is 0.0810. The van der Waals surface area contributed by atoms with Gasteiger partial charge in [0.05, 0.1) is 12.7 Å². The van der Waals surface area contributed by atoms with Crippen molar-refractivity contribution in [1.82, 2.24) is 0 Å². The molecule has 0 radical (unpaired) electrons. The zero-order chi connectivity index (χ0) is 9.68. The Hall–Kier alpha value is -1.02. The number of rotatable bonds is 4. The Bertz CT molecular complexity index is 256. The molecule has 0 atom stereocenters. The third-order valence-electron chi connectivity index (χ3n) is 1.81. The molecule has 0 amide bonds. The topological polar surface area (TPSA) is 29.5 Å². The first-order chi connectivity index (χ1) is 6.20. The summed E-state index contributed by atoms with van der Waals surface area (Å²) in [6.45, 7) is 4.67. The van der Waals surface area contributed by atoms with Gasteiger partial charge in [-0.05, 0) is 31.9 Å². The van der Waals surface area contributed by atoms with E-state index in [1.54, 1.807) is 6.07 Å². The van der Waals surface area contributed by atoms with Gasteiger partial charge in [0.1, 0.15) is 5.75 Å². The molecule has 2 nitrogen and oxygen atoms in total. The van der Waals surface area contributed by atoms with Crippen molar-refractivity contribution in [2.24, 2.45) is 0 Å². The summed E-state index contributed by atoms with van der Waals surface area (Å²) in [7, 11) is 0. The predicted octanol–water partition coefficient (Wildman–Crippen LogP) is 2.36. The highest BCUT2D eigenvalue weighted by Gasteiger charge is 1.99. The lowest BCUT2D eigenvalue weighted by Crippen LogP contribution is -2.05. The van der Waals surface area contributed by atoms with Crippen molar-refractivity contribution in [2.45, 2.75) is 26.4 Å². The minimum Gasteiger partial charge on any atom is -0.508 e. The van der Waals surface area contributed by atoms with Gasteiger partial charge in [0, 0.05) is 0 Å². The van der Waals surface area contributed by atoms with Crippen LogP contribution in [0.2, 0.25) is 0 Å². The number of hydrogen-bond donors (Lipinski definition) is 1. The Balaban J connectivity index is 2.41. The second kappa shape index (κ2) is 4.87. The van der Waals surface area contributed by atoms with Crippen molar-refractivity contribution in [3.8, 4) is 5.75 Å². The molecule has 0 saturated heterocycles. The largest absolute Gasteiger partial charge is 0.508 e. The Kier molecular flexibility index (Phi) is 3.77. The molecule has 1 aromatic rings. The summed E-state index contributed by atoms with van der Waals surface area (Å²) in [5.41, 5.74) is 0.947. The molecule has 13 heavy (non-hydrogen) atoms. The SMILES string of the molecule is CC(C)OCCc1ccccc1O. The predicted molar refractivity (Wildman–Crippen MR) is 52.9 cm³/mol. The van der Waals surface area contributed by atoms with Gasteiger partial charge in [0.2, 0.25) is 0 Å². The zero-order valence-electron chi connectivity index (χ0n) is 8.16. The molecule has 0 aromatic heterocycles. The highest BCUT2D eigenvalue weighted by molar-refractivity contribution is 5.31. The molecule has 0 bridgehead atoms. The van der Waals surface area contributed by atoms with Gasteiger partial charge in [-0.2, -0.15) is 0 Å². The second-order valence-corrected chi connectivity index (χ2v) is 3.30. The summed E-state index contributed by atoms with van der Waals surface area (Å²) in [6.07, 6.45) is 1.02. The highest BCUT2D eigenvalue weighted by atomic mass is 16.5. The van der Waals surface area contributed by atoms with Crippen molar-refractivity contribution in [3.63, 3.8) is 0 Å². The van der Waals surface area contributed by atoms with E-state index in [1.165, 1.54) is 0 Å². The van der Waals surface area contributed by atoms with E-state index >= 15 is 0 Å². The Morgan fingerprint density at radius 3 is 2.62 bits per heavy atom. The summed E-state index contributed by atoms with van der Waals surface area (Å²) >= 11 is 0. The molecule has 0 spiro atoms. The van der Waals surface area contributed by atoms with Crippen LogP contribution in [0.4, 0.5) is 0 Å². The molecule has 0 heterocycles. The van der Waals surface area contributed by atoms with Crippen molar-refractivity contribution >= 4 is 0 Å². The fourth-order valence-corrected chi connectivity index (χ4v) is 1.13. The molecule has 0 aliphatic carbocycles. The normalized spacial score (nSPS) is 10.7. The lowest BCUT2D eigenvalue weighted by atomic mass is 10.1. The average Bonchev–Trinajstić information content (AvgIpc) is 2.08. The van der Waals surface area contributed by atoms with E-state index < -0.39 is 0 Å². The van der Waals surface area contributed by atoms with Crippen LogP contribution in [0.25, 0.3) is 0 Å². The zero-order valence-corrected chi connectivity index (χ0v) is 8.16. The molecule has 1 aromatic carbocycles. The Labute approximate surface area is 79.2 Å². The Morgan fingerprint density at radius 2 is 2.00 bits per heavy atom. The molecule has 0 fully saturated rings. The second-order valence-electron chi connectivity index (χ2n) is 3.30. The maximum absolute atomic E-state index is 9.42. The minimum atomic E-state index is 0.255. The van der Waals surface area contributed by atoms with Crippen LogP contribution in [-0.2, 0) is 11.2 Å². The summed E-state index contributed by atoms with van der Waals surface area (Å²) in [6, 6.07) is 7.36. The molecule has 0 saturated carbocycles. The van der Waals surface area contributed by atoms with E-state index in [1.807, 2.05) is 32.0 Å². The van der Waals surface area contributed by atoms with Crippen molar-refractivity contribution in [2.75, 3.05) is 6.61 Å². The number of benzene rings is 1. The molecule has 72 valence electrons. The van der Waals surface area contributed by atoms with Crippen LogP contribution >= 0.6 is 0 Å². The number of phenolic OH excluding ortho intramolecular Hbond substituents is 1. The molecule has 0 aliphatic rings. The van der Waals surface area contributed by atoms with Gasteiger partial charge >= 0.3 is 0 Å². The molecule has 0 aliphatic heterocycles. The molecule has 1 rings (SSSR count). The number of para-hydroxylation sites is 1. The third-order valence-corrected chi connectivity index (χ3v) is 1.81. The number of phenols is 1. The first kappa shape index (κ1) is 10.1. The van der Waals surface area contributed by atoms with Crippen molar-refractivity contribution in [3.05, 3.63) is 29.8 Å². The quantitative estimate of drug-likeness (QED) is 0.770. The van der Waals surface area contributed by atoms with E-state index in [-0.39, 0.29) is 6.10 Å². The molecular formula is C11H16O2. The van der Waals surface area contributed by atoms with Crippen molar-refractivity contribution < 1.29 is 9.84 Å². The van der Waals surface area contributed by atoms with E-state index in [0.717, 1.165) is 12.0 Å². The maximum atomic E-state index is 9.42. The molecule has 0 unspecified atom stereocenters. The fraction of sp³-hybridized carbons (Fsp3) is 0.455. The van der Waals surface area contributed by atoms with Gasteiger partial charge in [-0.3, -0.25) is 0 Å². The van der Waals surface area contributed by atoms with Gasteiger partial charge in [0.25, 0.3) is 0 Å². The fourth-order valence-electron chi connectivity index (χ4n) is 1.13. The lowest BCUT2D eigenvalue weighted by Gasteiger charge is -2.07. The van der Waals surface area contributed by atoms with Crippen LogP contribution in [0.5, 0.6) is 5.75 Å². The number of aromatic hydroxyl groups is 1. The minimum absolute atomic E-state index is 0.255. The first-order valence-electron chi connectivity index (χ1n) is 4.58. The third kappa shape index (κ3) is 3.47. The first-order valence-corrected chi connectivity index (χ1v) is 4.58.